The molecular weight excluding hydrogens is 357 g/mol. The molecule has 0 spiro atoms. The molecular formula is C20H13F3N2O2. The maximum atomic E-state index is 12.9. The summed E-state index contributed by atoms with van der Waals surface area (Å²) >= 11 is 0. The predicted molar refractivity (Wildman–Crippen MR) is 95.3 cm³/mol. The fourth-order valence-corrected chi connectivity index (χ4v) is 3.19. The molecule has 2 heterocycles. The molecule has 0 bridgehead atoms. The molecule has 2 aromatic heterocycles. The van der Waals surface area contributed by atoms with Crippen molar-refractivity contribution in [3.8, 4) is 5.69 Å². The summed E-state index contributed by atoms with van der Waals surface area (Å²) in [5.41, 5.74) is 2.66. The van der Waals surface area contributed by atoms with E-state index in [0.29, 0.717) is 27.6 Å². The molecule has 27 heavy (non-hydrogen) atoms. The topological polar surface area (TPSA) is 55.1 Å². The molecule has 4 rings (SSSR count). The molecule has 4 aromatic rings. The summed E-state index contributed by atoms with van der Waals surface area (Å²) < 4.78 is 40.4. The van der Waals surface area contributed by atoms with E-state index in [1.165, 1.54) is 24.3 Å². The summed E-state index contributed by atoms with van der Waals surface area (Å²) in [6.45, 7) is 1.82. The zero-order valence-electron chi connectivity index (χ0n) is 14.1. The van der Waals surface area contributed by atoms with Crippen molar-refractivity contribution in [3.05, 3.63) is 71.4 Å². The number of carbonyl (C=O) groups is 1. The number of nitrogens with zero attached hydrogens (tertiary/aromatic N) is 2. The highest BCUT2D eigenvalue weighted by Crippen LogP contribution is 2.34. The predicted octanol–water partition coefficient (Wildman–Crippen LogP) is 5.20. The minimum absolute atomic E-state index is 0.122. The van der Waals surface area contributed by atoms with Gasteiger partial charge in [0.05, 0.1) is 27.7 Å². The number of hydrogen-bond acceptors (Lipinski definition) is 2. The standard InChI is InChI=1S/C20H13F3N2O2/c1-11-2-8-17-18(24-11)15-10-12(19(26)27)3-9-16(15)25(17)14-6-4-13(5-7-14)20(21,22)23/h2-10H,1H3,(H,26,27). The smallest absolute Gasteiger partial charge is 0.416 e. The Kier molecular flexibility index (Phi) is 3.69. The second-order valence-electron chi connectivity index (χ2n) is 6.24. The number of carboxylic acids is 1. The number of hydrogen-bond donors (Lipinski definition) is 1. The van der Waals surface area contributed by atoms with E-state index in [-0.39, 0.29) is 5.56 Å². The third-order valence-electron chi connectivity index (χ3n) is 4.45. The average molecular weight is 370 g/mol. The Morgan fingerprint density at radius 2 is 1.67 bits per heavy atom. The second kappa shape index (κ2) is 5.84. The number of halogens is 3. The highest BCUT2D eigenvalue weighted by molar-refractivity contribution is 6.09. The highest BCUT2D eigenvalue weighted by Gasteiger charge is 2.30. The van der Waals surface area contributed by atoms with Gasteiger partial charge < -0.3 is 9.67 Å². The largest absolute Gasteiger partial charge is 0.478 e. The van der Waals surface area contributed by atoms with Crippen molar-refractivity contribution in [1.82, 2.24) is 9.55 Å². The maximum Gasteiger partial charge on any atom is 0.416 e. The van der Waals surface area contributed by atoms with Gasteiger partial charge in [-0.2, -0.15) is 13.2 Å². The number of alkyl halides is 3. The SMILES string of the molecule is Cc1ccc2c(n1)c1cc(C(=O)O)ccc1n2-c1ccc(C(F)(F)F)cc1. The first-order chi connectivity index (χ1) is 12.8. The molecule has 0 aliphatic carbocycles. The van der Waals surface area contributed by atoms with Crippen LogP contribution in [-0.4, -0.2) is 20.6 Å². The number of carboxylic acid groups (broad SMARTS) is 1. The Morgan fingerprint density at radius 3 is 2.30 bits per heavy atom. The Labute approximate surface area is 151 Å². The first kappa shape index (κ1) is 17.1. The summed E-state index contributed by atoms with van der Waals surface area (Å²) in [4.78, 5) is 15.8. The lowest BCUT2D eigenvalue weighted by Gasteiger charge is -2.10. The number of aromatic carboxylic acids is 1. The van der Waals surface area contributed by atoms with Gasteiger partial charge in [-0.3, -0.25) is 4.98 Å². The van der Waals surface area contributed by atoms with Gasteiger partial charge in [0, 0.05) is 16.8 Å². The van der Waals surface area contributed by atoms with E-state index >= 15 is 0 Å². The zero-order chi connectivity index (χ0) is 19.3. The summed E-state index contributed by atoms with van der Waals surface area (Å²) in [6, 6.07) is 13.1. The number of rotatable bonds is 2. The van der Waals surface area contributed by atoms with Crippen LogP contribution in [0.3, 0.4) is 0 Å². The molecule has 0 radical (unpaired) electrons. The van der Waals surface area contributed by atoms with Crippen molar-refractivity contribution >= 4 is 27.9 Å². The van der Waals surface area contributed by atoms with Crippen LogP contribution in [-0.2, 0) is 6.18 Å². The lowest BCUT2D eigenvalue weighted by Crippen LogP contribution is -2.05. The quantitative estimate of drug-likeness (QED) is 0.527. The van der Waals surface area contributed by atoms with E-state index in [0.717, 1.165) is 17.8 Å². The molecule has 0 unspecified atom stereocenters. The summed E-state index contributed by atoms with van der Waals surface area (Å²) in [7, 11) is 0. The monoisotopic (exact) mass is 370 g/mol. The Balaban J connectivity index is 2.03. The number of fused-ring (bicyclic) bond motifs is 3. The van der Waals surface area contributed by atoms with Crippen molar-refractivity contribution in [1.29, 1.82) is 0 Å². The molecule has 0 amide bonds. The Hall–Kier alpha value is -3.35. The van der Waals surface area contributed by atoms with Crippen molar-refractivity contribution in [2.75, 3.05) is 0 Å². The van der Waals surface area contributed by atoms with Crippen LogP contribution in [0.2, 0.25) is 0 Å². The van der Waals surface area contributed by atoms with E-state index in [2.05, 4.69) is 4.98 Å². The molecule has 7 heteroatoms. The summed E-state index contributed by atoms with van der Waals surface area (Å²) in [5.74, 6) is -1.06. The zero-order valence-corrected chi connectivity index (χ0v) is 14.1. The number of benzene rings is 2. The van der Waals surface area contributed by atoms with Gasteiger partial charge in [-0.1, -0.05) is 0 Å². The number of pyridine rings is 1. The molecule has 2 aromatic carbocycles. The van der Waals surface area contributed by atoms with Crippen LogP contribution in [0.1, 0.15) is 21.6 Å². The molecule has 136 valence electrons. The molecule has 0 saturated carbocycles. The van der Waals surface area contributed by atoms with E-state index in [1.807, 2.05) is 13.0 Å². The third-order valence-corrected chi connectivity index (χ3v) is 4.45. The van der Waals surface area contributed by atoms with Gasteiger partial charge in [0.2, 0.25) is 0 Å². The van der Waals surface area contributed by atoms with Gasteiger partial charge in [0.15, 0.2) is 0 Å². The van der Waals surface area contributed by atoms with E-state index in [1.54, 1.807) is 16.7 Å². The number of aromatic nitrogens is 2. The average Bonchev–Trinajstić information content (AvgIpc) is 2.94. The van der Waals surface area contributed by atoms with E-state index in [9.17, 15) is 23.1 Å². The fourth-order valence-electron chi connectivity index (χ4n) is 3.19. The van der Waals surface area contributed by atoms with Crippen molar-refractivity contribution in [2.45, 2.75) is 13.1 Å². The van der Waals surface area contributed by atoms with Gasteiger partial charge in [-0.15, -0.1) is 0 Å². The molecule has 1 N–H and O–H groups in total. The van der Waals surface area contributed by atoms with Gasteiger partial charge >= 0.3 is 12.1 Å². The second-order valence-corrected chi connectivity index (χ2v) is 6.24. The van der Waals surface area contributed by atoms with Crippen LogP contribution in [0.4, 0.5) is 13.2 Å². The minimum atomic E-state index is -4.41. The van der Waals surface area contributed by atoms with Crippen LogP contribution in [0.25, 0.3) is 27.6 Å². The Morgan fingerprint density at radius 1 is 1.00 bits per heavy atom. The highest BCUT2D eigenvalue weighted by atomic mass is 19.4. The molecule has 0 atom stereocenters. The molecule has 0 saturated heterocycles. The molecule has 4 nitrogen and oxygen atoms in total. The van der Waals surface area contributed by atoms with Crippen LogP contribution in [0.15, 0.2) is 54.6 Å². The van der Waals surface area contributed by atoms with Gasteiger partial charge in [0.25, 0.3) is 0 Å². The lowest BCUT2D eigenvalue weighted by molar-refractivity contribution is -0.137. The van der Waals surface area contributed by atoms with Gasteiger partial charge in [-0.25, -0.2) is 4.79 Å². The first-order valence-corrected chi connectivity index (χ1v) is 8.08. The van der Waals surface area contributed by atoms with Crippen molar-refractivity contribution < 1.29 is 23.1 Å². The van der Waals surface area contributed by atoms with Crippen LogP contribution >= 0.6 is 0 Å². The van der Waals surface area contributed by atoms with Crippen molar-refractivity contribution in [2.24, 2.45) is 0 Å². The Bertz CT molecular complexity index is 1190. The van der Waals surface area contributed by atoms with Crippen molar-refractivity contribution in [3.63, 3.8) is 0 Å². The van der Waals surface area contributed by atoms with E-state index in [4.69, 9.17) is 0 Å². The van der Waals surface area contributed by atoms with Gasteiger partial charge in [0.1, 0.15) is 0 Å². The molecule has 0 fully saturated rings. The normalized spacial score (nSPS) is 12.0. The minimum Gasteiger partial charge on any atom is -0.478 e. The maximum absolute atomic E-state index is 12.9. The van der Waals surface area contributed by atoms with Gasteiger partial charge in [-0.05, 0) is 61.5 Å². The van der Waals surface area contributed by atoms with E-state index < -0.39 is 17.7 Å². The van der Waals surface area contributed by atoms with Crippen LogP contribution in [0, 0.1) is 6.92 Å². The lowest BCUT2D eigenvalue weighted by atomic mass is 10.1. The summed E-state index contributed by atoms with van der Waals surface area (Å²) in [6.07, 6.45) is -4.41. The summed E-state index contributed by atoms with van der Waals surface area (Å²) in [5, 5.41) is 9.90. The first-order valence-electron chi connectivity index (χ1n) is 8.08. The van der Waals surface area contributed by atoms with Crippen LogP contribution in [0.5, 0.6) is 0 Å². The third kappa shape index (κ3) is 2.81. The molecule has 0 aliphatic heterocycles. The fraction of sp³-hybridized carbons (Fsp3) is 0.100. The van der Waals surface area contributed by atoms with Crippen LogP contribution < -0.4 is 0 Å². The molecule has 0 aliphatic rings. The number of aryl methyl sites for hydroxylation is 1.